The van der Waals surface area contributed by atoms with E-state index < -0.39 is 90.7 Å². The van der Waals surface area contributed by atoms with E-state index in [2.05, 4.69) is 0 Å². The van der Waals surface area contributed by atoms with Crippen molar-refractivity contribution in [3.05, 3.63) is 46.6 Å². The molecule has 1 aromatic heterocycles. The van der Waals surface area contributed by atoms with E-state index in [1.54, 1.807) is 0 Å². The molecule has 0 radical (unpaired) electrons. The minimum atomic E-state index is -1.88. The fourth-order valence-corrected chi connectivity index (χ4v) is 4.87. The molecule has 0 amide bonds. The van der Waals surface area contributed by atoms with Gasteiger partial charge >= 0.3 is 0 Å². The van der Waals surface area contributed by atoms with E-state index in [-0.39, 0.29) is 28.0 Å². The molecule has 228 valence electrons. The van der Waals surface area contributed by atoms with Crippen molar-refractivity contribution in [3.8, 4) is 34.3 Å². The number of aliphatic hydroxyl groups excluding tert-OH is 6. The lowest BCUT2D eigenvalue weighted by Crippen LogP contribution is -2.64. The lowest BCUT2D eigenvalue weighted by atomic mass is 9.97. The third-order valence-corrected chi connectivity index (χ3v) is 7.21. The molecular weight excluding hydrogens is 564 g/mol. The summed E-state index contributed by atoms with van der Waals surface area (Å²) in [6, 6.07) is 7.38. The maximum Gasteiger partial charge on any atom is 0.239 e. The van der Waals surface area contributed by atoms with Crippen molar-refractivity contribution in [1.82, 2.24) is 0 Å². The van der Waals surface area contributed by atoms with Crippen LogP contribution in [0.15, 0.2) is 45.6 Å². The molecule has 5 rings (SSSR count). The van der Waals surface area contributed by atoms with Gasteiger partial charge in [0.1, 0.15) is 64.8 Å². The average Bonchev–Trinajstić information content (AvgIpc) is 2.95. The first kappa shape index (κ1) is 30.0. The van der Waals surface area contributed by atoms with E-state index in [0.717, 1.165) is 12.1 Å². The Kier molecular flexibility index (Phi) is 8.30. The lowest BCUT2D eigenvalue weighted by Gasteiger charge is -2.45. The zero-order chi connectivity index (χ0) is 30.5. The lowest BCUT2D eigenvalue weighted by molar-refractivity contribution is -0.355. The average molecular weight is 595 g/mol. The Morgan fingerprint density at radius 1 is 0.810 bits per heavy atom. The number of ether oxygens (including phenoxy) is 4. The summed E-state index contributed by atoms with van der Waals surface area (Å²) in [4.78, 5) is 13.7. The molecule has 0 bridgehead atoms. The van der Waals surface area contributed by atoms with Crippen molar-refractivity contribution >= 4 is 11.0 Å². The quantitative estimate of drug-likeness (QED) is 0.159. The molecule has 2 aliphatic heterocycles. The number of hydrogen-bond donors (Lipinski definition) is 9. The van der Waals surface area contributed by atoms with Gasteiger partial charge in [0.15, 0.2) is 18.2 Å². The third-order valence-electron chi connectivity index (χ3n) is 7.21. The molecule has 3 heterocycles. The highest BCUT2D eigenvalue weighted by Crippen LogP contribution is 2.38. The Balaban J connectivity index is 1.58. The van der Waals surface area contributed by atoms with Crippen molar-refractivity contribution in [2.45, 2.75) is 68.3 Å². The minimum absolute atomic E-state index is 0.103. The first-order valence-electron chi connectivity index (χ1n) is 12.9. The summed E-state index contributed by atoms with van der Waals surface area (Å²) >= 11 is 0. The Bertz CT molecular complexity index is 1470. The van der Waals surface area contributed by atoms with Gasteiger partial charge in [-0.3, -0.25) is 4.79 Å². The van der Waals surface area contributed by atoms with Crippen LogP contribution in [-0.2, 0) is 14.2 Å². The van der Waals surface area contributed by atoms with E-state index in [9.17, 15) is 50.8 Å². The maximum absolute atomic E-state index is 13.7. The molecule has 10 atom stereocenters. The highest BCUT2D eigenvalue weighted by molar-refractivity contribution is 5.88. The predicted octanol–water partition coefficient (Wildman–Crippen LogP) is -1.39. The van der Waals surface area contributed by atoms with Gasteiger partial charge in [-0.05, 0) is 31.2 Å². The summed E-state index contributed by atoms with van der Waals surface area (Å²) in [7, 11) is 0. The Morgan fingerprint density at radius 3 is 2.17 bits per heavy atom. The van der Waals surface area contributed by atoms with Crippen molar-refractivity contribution < 1.29 is 69.3 Å². The third kappa shape index (κ3) is 5.37. The van der Waals surface area contributed by atoms with Crippen molar-refractivity contribution in [2.75, 3.05) is 6.61 Å². The summed E-state index contributed by atoms with van der Waals surface area (Å²) in [6.07, 6.45) is -16.4. The molecule has 0 aliphatic carbocycles. The molecule has 15 heteroatoms. The second kappa shape index (κ2) is 11.6. The predicted molar refractivity (Wildman–Crippen MR) is 139 cm³/mol. The van der Waals surface area contributed by atoms with E-state index >= 15 is 0 Å². The second-order valence-corrected chi connectivity index (χ2v) is 10.1. The largest absolute Gasteiger partial charge is 0.508 e. The van der Waals surface area contributed by atoms with Gasteiger partial charge in [-0.2, -0.15) is 0 Å². The van der Waals surface area contributed by atoms with Gasteiger partial charge in [0, 0.05) is 17.7 Å². The van der Waals surface area contributed by atoms with Gasteiger partial charge in [-0.15, -0.1) is 0 Å². The Morgan fingerprint density at radius 2 is 1.50 bits per heavy atom. The molecule has 2 fully saturated rings. The first-order valence-corrected chi connectivity index (χ1v) is 12.9. The zero-order valence-corrected chi connectivity index (χ0v) is 21.9. The first-order chi connectivity index (χ1) is 19.9. The number of benzene rings is 2. The van der Waals surface area contributed by atoms with Crippen LogP contribution in [0.3, 0.4) is 0 Å². The van der Waals surface area contributed by atoms with Crippen LogP contribution in [0.5, 0.6) is 23.0 Å². The smallest absolute Gasteiger partial charge is 0.239 e. The summed E-state index contributed by atoms with van der Waals surface area (Å²) in [6.45, 7) is 0.633. The number of rotatable bonds is 6. The normalized spacial score (nSPS) is 33.5. The molecule has 2 saturated heterocycles. The van der Waals surface area contributed by atoms with Crippen molar-refractivity contribution in [3.63, 3.8) is 0 Å². The van der Waals surface area contributed by atoms with Crippen LogP contribution in [0.1, 0.15) is 6.92 Å². The highest BCUT2D eigenvalue weighted by atomic mass is 16.8. The Hall–Kier alpha value is -3.51. The van der Waals surface area contributed by atoms with Gasteiger partial charge < -0.3 is 69.3 Å². The molecule has 0 saturated carbocycles. The highest BCUT2D eigenvalue weighted by Gasteiger charge is 2.51. The number of hydrogen-bond acceptors (Lipinski definition) is 15. The molecule has 42 heavy (non-hydrogen) atoms. The SMILES string of the molecule is C[C@H]1O[C@@H](Oc2c(-c3ccc(O)cc3)oc3cc(O)cc(O)c3c2=O)[C@H](O[C@H]2O[C@H](CO)[C@@H](O)[C@H](O)[C@H]2O)[C@H](O)[C@H]1O. The molecule has 2 aromatic carbocycles. The second-order valence-electron chi connectivity index (χ2n) is 10.1. The standard InChI is InChI=1S/C27H30O15/c1-9-17(32)21(36)25(42-26-22(37)20(35)18(33)15(8-28)40-26)27(38-9)41-24-19(34)16-13(31)6-12(30)7-14(16)39-23(24)10-2-4-11(29)5-3-10/h2-7,9,15,17-18,20-22,25-33,35-37H,8H2,1H3/t9-,15-,17+,18-,20+,21-,22-,25-,26-,27+/m1/s1. The van der Waals surface area contributed by atoms with Crippen molar-refractivity contribution in [1.29, 1.82) is 0 Å². The van der Waals surface area contributed by atoms with Gasteiger partial charge in [-0.1, -0.05) is 0 Å². The van der Waals surface area contributed by atoms with E-state index in [1.165, 1.54) is 31.2 Å². The van der Waals surface area contributed by atoms with Gasteiger partial charge in [0.05, 0.1) is 12.7 Å². The molecule has 3 aromatic rings. The number of phenolic OH excluding ortho intramolecular Hbond substituents is 3. The van der Waals surface area contributed by atoms with Crippen LogP contribution < -0.4 is 10.2 Å². The maximum atomic E-state index is 13.7. The number of fused-ring (bicyclic) bond motifs is 1. The van der Waals surface area contributed by atoms with Crippen LogP contribution in [-0.4, -0.2) is 114 Å². The van der Waals surface area contributed by atoms with E-state index in [0.29, 0.717) is 0 Å². The molecule has 0 unspecified atom stereocenters. The van der Waals surface area contributed by atoms with Gasteiger partial charge in [0.25, 0.3) is 0 Å². The van der Waals surface area contributed by atoms with Crippen LogP contribution in [0.4, 0.5) is 0 Å². The van der Waals surface area contributed by atoms with E-state index in [4.69, 9.17) is 23.4 Å². The topological polar surface area (TPSA) is 249 Å². The number of phenols is 3. The molecule has 15 nitrogen and oxygen atoms in total. The zero-order valence-electron chi connectivity index (χ0n) is 21.9. The number of aromatic hydroxyl groups is 3. The minimum Gasteiger partial charge on any atom is -0.508 e. The van der Waals surface area contributed by atoms with Crippen LogP contribution in [0.25, 0.3) is 22.3 Å². The number of aliphatic hydroxyl groups is 6. The van der Waals surface area contributed by atoms with Gasteiger partial charge in [0.2, 0.25) is 17.5 Å². The summed E-state index contributed by atoms with van der Waals surface area (Å²) in [5, 5.41) is 91.4. The molecule has 2 aliphatic rings. The molecule has 0 spiro atoms. The summed E-state index contributed by atoms with van der Waals surface area (Å²) in [5.74, 6) is -1.93. The van der Waals surface area contributed by atoms with Crippen LogP contribution >= 0.6 is 0 Å². The van der Waals surface area contributed by atoms with Crippen LogP contribution in [0.2, 0.25) is 0 Å². The van der Waals surface area contributed by atoms with Crippen molar-refractivity contribution in [2.24, 2.45) is 0 Å². The van der Waals surface area contributed by atoms with Gasteiger partial charge in [-0.25, -0.2) is 0 Å². The Labute approximate surface area is 236 Å². The monoisotopic (exact) mass is 594 g/mol. The fourth-order valence-electron chi connectivity index (χ4n) is 4.87. The summed E-state index contributed by atoms with van der Waals surface area (Å²) in [5.41, 5.74) is -0.934. The molecular formula is C27H30O15. The molecule has 9 N–H and O–H groups in total. The summed E-state index contributed by atoms with van der Waals surface area (Å²) < 4.78 is 28.5. The van der Waals surface area contributed by atoms with Crippen LogP contribution in [0, 0.1) is 0 Å². The van der Waals surface area contributed by atoms with E-state index in [1.807, 2.05) is 0 Å². The fraction of sp³-hybridized carbons (Fsp3) is 0.444.